The molecule has 194 valence electrons. The van der Waals surface area contributed by atoms with E-state index in [0.717, 1.165) is 19.4 Å². The second-order valence-electron chi connectivity index (χ2n) is 8.88. The van der Waals surface area contributed by atoms with Crippen LogP contribution in [-0.2, 0) is 14.3 Å². The summed E-state index contributed by atoms with van der Waals surface area (Å²) >= 11 is 5.91. The van der Waals surface area contributed by atoms with Crippen LogP contribution < -0.4 is 15.4 Å². The molecule has 2 fully saturated rings. The maximum atomic E-state index is 13.6. The number of hydrogen-bond donors (Lipinski definition) is 2. The van der Waals surface area contributed by atoms with E-state index in [2.05, 4.69) is 25.5 Å². The summed E-state index contributed by atoms with van der Waals surface area (Å²) in [5.74, 6) is -0.384. The van der Waals surface area contributed by atoms with E-state index in [0.29, 0.717) is 60.1 Å². The minimum atomic E-state index is -0.512. The lowest BCUT2D eigenvalue weighted by Crippen LogP contribution is -2.48. The highest BCUT2D eigenvalue weighted by Crippen LogP contribution is 2.34. The average molecular weight is 528 g/mol. The Hall–Kier alpha value is -3.31. The van der Waals surface area contributed by atoms with Crippen LogP contribution in [0.5, 0.6) is 5.75 Å². The molecule has 2 saturated heterocycles. The third-order valence-corrected chi connectivity index (χ3v) is 6.63. The Morgan fingerprint density at radius 3 is 2.89 bits per heavy atom. The van der Waals surface area contributed by atoms with Crippen molar-refractivity contribution in [2.45, 2.75) is 18.6 Å². The van der Waals surface area contributed by atoms with Crippen molar-refractivity contribution in [3.05, 3.63) is 59.7 Å². The second kappa shape index (κ2) is 11.0. The van der Waals surface area contributed by atoms with Gasteiger partial charge in [0.1, 0.15) is 23.7 Å². The first-order chi connectivity index (χ1) is 17.9. The molecular weight excluding hydrogens is 501 g/mol. The second-order valence-corrected chi connectivity index (χ2v) is 9.29. The molecule has 2 aliphatic heterocycles. The lowest BCUT2D eigenvalue weighted by atomic mass is 10.0. The number of anilines is 3. The fourth-order valence-corrected chi connectivity index (χ4v) is 4.78. The quantitative estimate of drug-likeness (QED) is 0.433. The molecule has 1 aromatic heterocycles. The van der Waals surface area contributed by atoms with Crippen LogP contribution >= 0.6 is 11.6 Å². The smallest absolute Gasteiger partial charge is 0.248 e. The number of benzene rings is 2. The highest BCUT2D eigenvalue weighted by molar-refractivity contribution is 6.31. The molecule has 37 heavy (non-hydrogen) atoms. The molecule has 0 radical (unpaired) electrons. The van der Waals surface area contributed by atoms with Crippen LogP contribution in [0.3, 0.4) is 0 Å². The third-order valence-electron chi connectivity index (χ3n) is 6.34. The number of rotatable bonds is 7. The number of carbonyl (C=O) groups is 1. The van der Waals surface area contributed by atoms with Crippen LogP contribution in [0.2, 0.25) is 5.02 Å². The van der Waals surface area contributed by atoms with Crippen LogP contribution in [-0.4, -0.2) is 66.5 Å². The number of methoxy groups -OCH3 is 1. The van der Waals surface area contributed by atoms with Gasteiger partial charge in [0, 0.05) is 36.2 Å². The summed E-state index contributed by atoms with van der Waals surface area (Å²) in [5.41, 5.74) is 1.62. The number of aromatic nitrogens is 2. The first-order valence-corrected chi connectivity index (χ1v) is 12.4. The van der Waals surface area contributed by atoms with Gasteiger partial charge in [0.05, 0.1) is 43.1 Å². The van der Waals surface area contributed by atoms with Gasteiger partial charge >= 0.3 is 0 Å². The number of likely N-dealkylation sites (tertiary alicyclic amines) is 1. The average Bonchev–Trinajstić information content (AvgIpc) is 3.33. The van der Waals surface area contributed by atoms with Gasteiger partial charge in [-0.05, 0) is 37.2 Å². The number of nitrogens with zero attached hydrogens (tertiary/aromatic N) is 3. The van der Waals surface area contributed by atoms with Gasteiger partial charge in [-0.3, -0.25) is 9.69 Å². The van der Waals surface area contributed by atoms with Crippen LogP contribution in [0, 0.1) is 5.82 Å². The summed E-state index contributed by atoms with van der Waals surface area (Å²) < 4.78 is 30.7. The van der Waals surface area contributed by atoms with Gasteiger partial charge in [0.25, 0.3) is 0 Å². The zero-order valence-electron chi connectivity index (χ0n) is 20.3. The van der Waals surface area contributed by atoms with Crippen LogP contribution in [0.25, 0.3) is 10.9 Å². The Bertz CT molecular complexity index is 1330. The fourth-order valence-electron chi connectivity index (χ4n) is 4.60. The topological polar surface area (TPSA) is 97.8 Å². The van der Waals surface area contributed by atoms with Gasteiger partial charge < -0.3 is 24.8 Å². The molecule has 11 heteroatoms. The Labute approximate surface area is 218 Å². The van der Waals surface area contributed by atoms with Gasteiger partial charge in [-0.15, -0.1) is 0 Å². The van der Waals surface area contributed by atoms with Gasteiger partial charge in [0.2, 0.25) is 5.91 Å². The van der Waals surface area contributed by atoms with Crippen LogP contribution in [0.1, 0.15) is 12.8 Å². The number of hydrogen-bond acceptors (Lipinski definition) is 8. The maximum Gasteiger partial charge on any atom is 0.248 e. The molecule has 5 rings (SSSR count). The molecule has 0 bridgehead atoms. The molecule has 2 aromatic carbocycles. The Kier molecular flexibility index (Phi) is 7.52. The maximum absolute atomic E-state index is 13.6. The summed E-state index contributed by atoms with van der Waals surface area (Å²) in [6.45, 7) is 3.47. The fraction of sp³-hybridized carbons (Fsp3) is 0.346. The van der Waals surface area contributed by atoms with Crippen molar-refractivity contribution in [3.63, 3.8) is 0 Å². The van der Waals surface area contributed by atoms with Crippen molar-refractivity contribution in [2.75, 3.05) is 50.6 Å². The lowest BCUT2D eigenvalue weighted by molar-refractivity contribution is -0.188. The zero-order chi connectivity index (χ0) is 25.8. The van der Waals surface area contributed by atoms with Crippen molar-refractivity contribution >= 4 is 45.6 Å². The van der Waals surface area contributed by atoms with Crippen LogP contribution in [0.15, 0.2) is 48.8 Å². The summed E-state index contributed by atoms with van der Waals surface area (Å²) in [6, 6.07) is 7.75. The number of fused-ring (bicyclic) bond motifs is 1. The van der Waals surface area contributed by atoms with Gasteiger partial charge in [-0.2, -0.15) is 0 Å². The molecule has 3 heterocycles. The number of ether oxygens (including phenoxy) is 3. The Morgan fingerprint density at radius 2 is 2.11 bits per heavy atom. The van der Waals surface area contributed by atoms with E-state index in [9.17, 15) is 9.18 Å². The molecule has 3 aromatic rings. The molecule has 0 unspecified atom stereocenters. The van der Waals surface area contributed by atoms with Crippen molar-refractivity contribution in [2.24, 2.45) is 0 Å². The van der Waals surface area contributed by atoms with Gasteiger partial charge in [-0.1, -0.05) is 17.7 Å². The first-order valence-electron chi connectivity index (χ1n) is 12.0. The van der Waals surface area contributed by atoms with Gasteiger partial charge in [-0.25, -0.2) is 14.4 Å². The van der Waals surface area contributed by atoms with E-state index in [1.54, 1.807) is 18.2 Å². The molecule has 2 aliphatic rings. The summed E-state index contributed by atoms with van der Waals surface area (Å²) in [4.78, 5) is 23.6. The van der Waals surface area contributed by atoms with E-state index >= 15 is 0 Å². The van der Waals surface area contributed by atoms with Crippen molar-refractivity contribution in [3.8, 4) is 5.75 Å². The minimum absolute atomic E-state index is 0.00668. The predicted molar refractivity (Wildman–Crippen MR) is 139 cm³/mol. The first kappa shape index (κ1) is 25.3. The number of carbonyl (C=O) groups excluding carboxylic acids is 1. The number of amides is 1. The summed E-state index contributed by atoms with van der Waals surface area (Å²) in [7, 11) is 1.52. The van der Waals surface area contributed by atoms with Crippen LogP contribution in [0.4, 0.5) is 21.6 Å². The van der Waals surface area contributed by atoms with E-state index in [-0.39, 0.29) is 10.9 Å². The Balaban J connectivity index is 1.30. The van der Waals surface area contributed by atoms with E-state index in [4.69, 9.17) is 25.8 Å². The Morgan fingerprint density at radius 1 is 1.27 bits per heavy atom. The molecule has 0 aliphatic carbocycles. The highest BCUT2D eigenvalue weighted by Gasteiger charge is 2.40. The summed E-state index contributed by atoms with van der Waals surface area (Å²) in [5, 5.41) is 6.63. The number of halogens is 2. The number of nitrogens with one attached hydrogen (secondary N) is 2. The van der Waals surface area contributed by atoms with Crippen molar-refractivity contribution in [1.82, 2.24) is 14.9 Å². The highest BCUT2D eigenvalue weighted by atomic mass is 35.5. The SMILES string of the molecule is COc1cc2ncnc(Nc3ccc(F)c(Cl)c3)c2cc1NC(=O)/C=C/CN1CCCC2(C1)OCCO2. The van der Waals surface area contributed by atoms with E-state index < -0.39 is 11.6 Å². The molecular formula is C26H27ClFN5O4. The van der Waals surface area contributed by atoms with E-state index in [1.807, 2.05) is 6.08 Å². The minimum Gasteiger partial charge on any atom is -0.494 e. The zero-order valence-corrected chi connectivity index (χ0v) is 21.1. The molecule has 9 nitrogen and oxygen atoms in total. The largest absolute Gasteiger partial charge is 0.494 e. The monoisotopic (exact) mass is 527 g/mol. The lowest BCUT2D eigenvalue weighted by Gasteiger charge is -2.38. The molecule has 1 amide bonds. The van der Waals surface area contributed by atoms with Crippen molar-refractivity contribution in [1.29, 1.82) is 0 Å². The summed E-state index contributed by atoms with van der Waals surface area (Å²) in [6.07, 6.45) is 6.61. The standard InChI is InChI=1S/C26H27ClFN5O4/c1-35-23-14-21-18(25(30-16-29-21)31-17-5-6-20(28)19(27)12-17)13-22(23)32-24(34)4-2-8-33-9-3-7-26(15-33)36-10-11-37-26/h2,4-6,12-14,16H,3,7-11,15H2,1H3,(H,32,34)(H,29,30,31)/b4-2+. The molecule has 0 saturated carbocycles. The number of piperidine rings is 1. The molecule has 2 N–H and O–H groups in total. The third kappa shape index (κ3) is 5.83. The predicted octanol–water partition coefficient (Wildman–Crippen LogP) is 4.51. The normalized spacial score (nSPS) is 17.5. The van der Waals surface area contributed by atoms with Crippen molar-refractivity contribution < 1.29 is 23.4 Å². The van der Waals surface area contributed by atoms with Gasteiger partial charge in [0.15, 0.2) is 5.79 Å². The van der Waals surface area contributed by atoms with E-state index in [1.165, 1.54) is 31.6 Å². The molecule has 0 atom stereocenters. The molecule has 1 spiro atoms.